The number of fused-ring (bicyclic) bond motifs is 1. The van der Waals surface area contributed by atoms with E-state index in [-0.39, 0.29) is 46.0 Å². The predicted octanol–water partition coefficient (Wildman–Crippen LogP) is 2.33. The summed E-state index contributed by atoms with van der Waals surface area (Å²) in [5, 5.41) is 24.5. The third kappa shape index (κ3) is 5.60. The molecule has 2 unspecified atom stereocenters. The van der Waals surface area contributed by atoms with Crippen LogP contribution in [-0.4, -0.2) is 84.6 Å². The van der Waals surface area contributed by atoms with Crippen molar-refractivity contribution >= 4 is 38.5 Å². The lowest BCUT2D eigenvalue weighted by Crippen LogP contribution is -2.69. The Morgan fingerprint density at radius 1 is 1.20 bits per heavy atom. The van der Waals surface area contributed by atoms with Crippen LogP contribution < -0.4 is 15.8 Å². The maximum atomic E-state index is 14.2. The molecule has 2 N–H and O–H groups in total. The van der Waals surface area contributed by atoms with E-state index in [0.717, 1.165) is 29.9 Å². The van der Waals surface area contributed by atoms with Crippen molar-refractivity contribution in [3.05, 3.63) is 62.5 Å². The molecule has 45 heavy (non-hydrogen) atoms. The maximum Gasteiger partial charge on any atom is 0.278 e. The Balaban J connectivity index is 1.22. The maximum absolute atomic E-state index is 14.2. The molecule has 0 radical (unpaired) electrons. The van der Waals surface area contributed by atoms with Crippen LogP contribution in [0.3, 0.4) is 0 Å². The number of nitrogens with one attached hydrogen (secondary N) is 1. The number of aromatic hydroxyl groups is 1. The van der Waals surface area contributed by atoms with E-state index in [1.165, 1.54) is 21.8 Å². The predicted molar refractivity (Wildman–Crippen MR) is 167 cm³/mol. The van der Waals surface area contributed by atoms with Gasteiger partial charge in [0.1, 0.15) is 22.3 Å². The molecular weight excluding hydrogens is 626 g/mol. The molecule has 15 heteroatoms. The molecule has 1 aromatic carbocycles. The summed E-state index contributed by atoms with van der Waals surface area (Å²) in [5.41, 5.74) is -1.57. The molecule has 2 fully saturated rings. The van der Waals surface area contributed by atoms with E-state index in [0.29, 0.717) is 48.7 Å². The largest absolute Gasteiger partial charge is 0.502 e. The van der Waals surface area contributed by atoms with Gasteiger partial charge in [-0.1, -0.05) is 17.4 Å². The number of pyridine rings is 1. The number of aromatic nitrogens is 3. The average Bonchev–Trinajstić information content (AvgIpc) is 3.62. The number of nitrogens with zero attached hydrogens (tertiary/aromatic N) is 5. The summed E-state index contributed by atoms with van der Waals surface area (Å²) >= 11 is 1.03. The number of carbonyl (C=O) groups excluding carboxylic acids is 2. The summed E-state index contributed by atoms with van der Waals surface area (Å²) in [6, 6.07) is 3.24. The van der Waals surface area contributed by atoms with Gasteiger partial charge in [0.05, 0.1) is 5.56 Å². The first-order valence-corrected chi connectivity index (χ1v) is 17.6. The van der Waals surface area contributed by atoms with Crippen molar-refractivity contribution in [3.63, 3.8) is 0 Å². The zero-order valence-corrected chi connectivity index (χ0v) is 26.6. The fourth-order valence-electron chi connectivity index (χ4n) is 6.73. The third-order valence-electron chi connectivity index (χ3n) is 9.44. The monoisotopic (exact) mass is 660 g/mol. The van der Waals surface area contributed by atoms with Crippen molar-refractivity contribution in [2.75, 3.05) is 37.2 Å². The molecule has 2 amide bonds. The van der Waals surface area contributed by atoms with Crippen molar-refractivity contribution in [1.29, 1.82) is 0 Å². The SMILES string of the molecule is C=S1(=O)CCC(CNC(=O)C2CCC3(CC2)N(C)C(=O)c2c(O)c(=O)c(-c4nnc(Cc5ccc(F)cc5F)s4)cn2N3C)C1. The third-order valence-corrected chi connectivity index (χ3v) is 12.5. The van der Waals surface area contributed by atoms with Crippen molar-refractivity contribution in [1.82, 2.24) is 25.1 Å². The summed E-state index contributed by atoms with van der Waals surface area (Å²) in [5.74, 6) is 2.09. The van der Waals surface area contributed by atoms with Crippen LogP contribution in [-0.2, 0) is 20.7 Å². The zero-order chi connectivity index (χ0) is 32.3. The first-order chi connectivity index (χ1) is 21.3. The van der Waals surface area contributed by atoms with Gasteiger partial charge in [0.2, 0.25) is 11.3 Å². The van der Waals surface area contributed by atoms with Crippen LogP contribution in [0.1, 0.15) is 53.2 Å². The molecule has 4 heterocycles. The number of hydrogen-bond donors (Lipinski definition) is 2. The molecule has 11 nitrogen and oxygen atoms in total. The van der Waals surface area contributed by atoms with Crippen molar-refractivity contribution in [2.45, 2.75) is 44.2 Å². The topological polar surface area (TPSA) is 138 Å². The number of benzene rings is 1. The Bertz CT molecular complexity index is 1850. The lowest BCUT2D eigenvalue weighted by atomic mass is 9.79. The molecule has 3 aromatic rings. The minimum absolute atomic E-state index is 0.0186. The number of halogens is 2. The number of rotatable bonds is 6. The Morgan fingerprint density at radius 2 is 1.93 bits per heavy atom. The van der Waals surface area contributed by atoms with Gasteiger partial charge in [-0.25, -0.2) is 8.78 Å². The molecule has 240 valence electrons. The summed E-state index contributed by atoms with van der Waals surface area (Å²) < 4.78 is 41.2. The fourth-order valence-corrected chi connectivity index (χ4v) is 9.68. The van der Waals surface area contributed by atoms with Gasteiger partial charge < -0.3 is 15.3 Å². The van der Waals surface area contributed by atoms with E-state index in [9.17, 15) is 32.5 Å². The zero-order valence-electron chi connectivity index (χ0n) is 24.9. The first kappa shape index (κ1) is 31.1. The molecule has 1 saturated carbocycles. The molecule has 1 saturated heterocycles. The second-order valence-electron chi connectivity index (χ2n) is 12.2. The number of amides is 2. The van der Waals surface area contributed by atoms with Gasteiger partial charge in [-0.05, 0) is 65.0 Å². The number of carbonyl (C=O) groups is 2. The van der Waals surface area contributed by atoms with Crippen LogP contribution in [0.4, 0.5) is 8.78 Å². The molecule has 2 aliphatic heterocycles. The Morgan fingerprint density at radius 3 is 2.60 bits per heavy atom. The minimum atomic E-state index is -2.04. The molecule has 1 spiro atoms. The highest BCUT2D eigenvalue weighted by Gasteiger charge is 2.50. The van der Waals surface area contributed by atoms with Crippen LogP contribution >= 0.6 is 11.3 Å². The van der Waals surface area contributed by atoms with Gasteiger partial charge in [-0.2, -0.15) is 0 Å². The van der Waals surface area contributed by atoms with E-state index in [1.807, 2.05) is 0 Å². The summed E-state index contributed by atoms with van der Waals surface area (Å²) in [7, 11) is 1.36. The quantitative estimate of drug-likeness (QED) is 0.385. The van der Waals surface area contributed by atoms with Crippen LogP contribution in [0.25, 0.3) is 10.6 Å². The first-order valence-electron chi connectivity index (χ1n) is 14.7. The molecule has 0 bridgehead atoms. The van der Waals surface area contributed by atoms with E-state index < -0.39 is 43.9 Å². The highest BCUT2D eigenvalue weighted by molar-refractivity contribution is 8.00. The van der Waals surface area contributed by atoms with E-state index >= 15 is 0 Å². The normalized spacial score (nSPS) is 26.4. The van der Waals surface area contributed by atoms with Gasteiger partial charge in [-0.15, -0.1) is 10.2 Å². The Kier molecular flexibility index (Phi) is 7.96. The van der Waals surface area contributed by atoms with Gasteiger partial charge in [0.25, 0.3) is 5.91 Å². The lowest BCUT2D eigenvalue weighted by Gasteiger charge is -2.55. The van der Waals surface area contributed by atoms with Crippen molar-refractivity contribution in [2.24, 2.45) is 11.8 Å². The Labute approximate surface area is 262 Å². The van der Waals surface area contributed by atoms with Gasteiger partial charge in [-0.3, -0.25) is 28.3 Å². The minimum Gasteiger partial charge on any atom is -0.502 e. The fraction of sp³-hybridized carbons (Fsp3) is 0.467. The molecule has 2 aromatic heterocycles. The van der Waals surface area contributed by atoms with Crippen LogP contribution in [0.5, 0.6) is 5.75 Å². The average molecular weight is 661 g/mol. The second kappa shape index (κ2) is 11.5. The highest BCUT2D eigenvalue weighted by Crippen LogP contribution is 2.42. The molecule has 3 aliphatic rings. The van der Waals surface area contributed by atoms with Crippen LogP contribution in [0.15, 0.2) is 29.2 Å². The standard InChI is InChI=1S/C30H34F2N6O5S2/c1-36-29(42)24-26(40)25(39)21(28-35-34-23(44-28)12-19-4-5-20(31)13-22(19)32)15-38(24)37(2)30(36)9-6-18(7-10-30)27(41)33-14-17-8-11-45(3,43)16-17/h4-5,13,15,17-18,40H,3,6-12,14,16H2,1-2H3,(H,33,41). The van der Waals surface area contributed by atoms with E-state index in [4.69, 9.17) is 0 Å². The van der Waals surface area contributed by atoms with Crippen molar-refractivity contribution in [3.8, 4) is 16.3 Å². The van der Waals surface area contributed by atoms with Crippen molar-refractivity contribution < 1.29 is 27.7 Å². The summed E-state index contributed by atoms with van der Waals surface area (Å²) in [6.07, 6.45) is 4.22. The highest BCUT2D eigenvalue weighted by atomic mass is 32.2. The number of hydrogen-bond acceptors (Lipinski definition) is 9. The second-order valence-corrected chi connectivity index (χ2v) is 15.9. The van der Waals surface area contributed by atoms with Crippen LogP contribution in [0, 0.1) is 23.5 Å². The van der Waals surface area contributed by atoms with Gasteiger partial charge >= 0.3 is 0 Å². The molecular formula is C30H34F2N6O5S2. The molecule has 2 atom stereocenters. The smallest absolute Gasteiger partial charge is 0.278 e. The van der Waals surface area contributed by atoms with Crippen LogP contribution in [0.2, 0.25) is 0 Å². The van der Waals surface area contributed by atoms with E-state index in [2.05, 4.69) is 21.4 Å². The summed E-state index contributed by atoms with van der Waals surface area (Å²) in [6.45, 7) is 0.472. The van der Waals surface area contributed by atoms with Gasteiger partial charge in [0, 0.05) is 56.7 Å². The molecule has 1 aliphatic carbocycles. The lowest BCUT2D eigenvalue weighted by molar-refractivity contribution is -0.127. The van der Waals surface area contributed by atoms with Gasteiger partial charge in [0.15, 0.2) is 16.5 Å². The van der Waals surface area contributed by atoms with E-state index in [1.54, 1.807) is 19.1 Å². The Hall–Kier alpha value is -3.85. The summed E-state index contributed by atoms with van der Waals surface area (Å²) in [4.78, 5) is 41.4. The molecule has 6 rings (SSSR count).